The SMILES string of the molecule is COc1c(C)cc(-c2cc(C#N)c(C)n2C)cc1C. The highest BCUT2D eigenvalue weighted by atomic mass is 16.5. The average Bonchev–Trinajstić information content (AvgIpc) is 2.65. The average molecular weight is 254 g/mol. The summed E-state index contributed by atoms with van der Waals surface area (Å²) in [7, 11) is 3.68. The van der Waals surface area contributed by atoms with Crippen molar-refractivity contribution in [3.05, 3.63) is 40.6 Å². The lowest BCUT2D eigenvalue weighted by Gasteiger charge is -2.12. The van der Waals surface area contributed by atoms with Crippen LogP contribution in [0.25, 0.3) is 11.3 Å². The fourth-order valence-electron chi connectivity index (χ4n) is 2.51. The van der Waals surface area contributed by atoms with E-state index in [2.05, 4.69) is 22.8 Å². The van der Waals surface area contributed by atoms with E-state index >= 15 is 0 Å². The number of benzene rings is 1. The van der Waals surface area contributed by atoms with Crippen LogP contribution >= 0.6 is 0 Å². The van der Waals surface area contributed by atoms with E-state index in [0.29, 0.717) is 0 Å². The van der Waals surface area contributed by atoms with E-state index in [1.165, 1.54) is 0 Å². The predicted molar refractivity (Wildman–Crippen MR) is 76.3 cm³/mol. The van der Waals surface area contributed by atoms with Crippen molar-refractivity contribution in [2.75, 3.05) is 7.11 Å². The Balaban J connectivity index is 2.64. The number of aromatic nitrogens is 1. The van der Waals surface area contributed by atoms with Gasteiger partial charge >= 0.3 is 0 Å². The zero-order valence-electron chi connectivity index (χ0n) is 12.0. The molecule has 1 heterocycles. The summed E-state index contributed by atoms with van der Waals surface area (Å²) in [6.07, 6.45) is 0. The molecule has 0 fully saturated rings. The summed E-state index contributed by atoms with van der Waals surface area (Å²) in [5, 5.41) is 9.11. The fraction of sp³-hybridized carbons (Fsp3) is 0.312. The van der Waals surface area contributed by atoms with Gasteiger partial charge in [-0.15, -0.1) is 0 Å². The van der Waals surface area contributed by atoms with Crippen LogP contribution in [0.5, 0.6) is 5.75 Å². The van der Waals surface area contributed by atoms with E-state index < -0.39 is 0 Å². The summed E-state index contributed by atoms with van der Waals surface area (Å²) >= 11 is 0. The molecule has 2 rings (SSSR count). The van der Waals surface area contributed by atoms with Crippen LogP contribution in [0.2, 0.25) is 0 Å². The normalized spacial score (nSPS) is 10.3. The summed E-state index contributed by atoms with van der Waals surface area (Å²) in [5.74, 6) is 0.926. The summed E-state index contributed by atoms with van der Waals surface area (Å²) in [4.78, 5) is 0. The molecule has 0 saturated heterocycles. The highest BCUT2D eigenvalue weighted by Crippen LogP contribution is 2.31. The van der Waals surface area contributed by atoms with Gasteiger partial charge in [0.05, 0.1) is 12.7 Å². The van der Waals surface area contributed by atoms with Gasteiger partial charge in [0, 0.05) is 18.4 Å². The second-order valence-corrected chi connectivity index (χ2v) is 4.84. The number of nitriles is 1. The van der Waals surface area contributed by atoms with E-state index in [-0.39, 0.29) is 0 Å². The first-order chi connectivity index (χ1) is 8.99. The molecule has 1 aromatic carbocycles. The number of aryl methyl sites for hydroxylation is 2. The second kappa shape index (κ2) is 4.81. The smallest absolute Gasteiger partial charge is 0.124 e. The Morgan fingerprint density at radius 1 is 1.11 bits per heavy atom. The molecule has 0 aliphatic rings. The minimum atomic E-state index is 0.726. The van der Waals surface area contributed by atoms with Crippen molar-refractivity contribution in [3.63, 3.8) is 0 Å². The van der Waals surface area contributed by atoms with Crippen molar-refractivity contribution in [1.29, 1.82) is 5.26 Å². The van der Waals surface area contributed by atoms with Gasteiger partial charge in [-0.05, 0) is 55.7 Å². The van der Waals surface area contributed by atoms with E-state index in [1.54, 1.807) is 7.11 Å². The van der Waals surface area contributed by atoms with Crippen molar-refractivity contribution in [3.8, 4) is 23.1 Å². The number of hydrogen-bond donors (Lipinski definition) is 0. The molecule has 3 nitrogen and oxygen atoms in total. The summed E-state index contributed by atoms with van der Waals surface area (Å²) in [6.45, 7) is 6.04. The molecule has 3 heteroatoms. The largest absolute Gasteiger partial charge is 0.496 e. The van der Waals surface area contributed by atoms with E-state index in [9.17, 15) is 0 Å². The lowest BCUT2D eigenvalue weighted by molar-refractivity contribution is 0.408. The highest BCUT2D eigenvalue weighted by Gasteiger charge is 2.13. The minimum Gasteiger partial charge on any atom is -0.496 e. The van der Waals surface area contributed by atoms with Gasteiger partial charge in [-0.3, -0.25) is 0 Å². The summed E-state index contributed by atoms with van der Waals surface area (Å²) in [5.41, 5.74) is 6.10. The van der Waals surface area contributed by atoms with E-state index in [0.717, 1.165) is 39.4 Å². The van der Waals surface area contributed by atoms with Crippen molar-refractivity contribution < 1.29 is 4.74 Å². The van der Waals surface area contributed by atoms with Crippen LogP contribution in [-0.4, -0.2) is 11.7 Å². The van der Waals surface area contributed by atoms with Gasteiger partial charge in [-0.25, -0.2) is 0 Å². The number of rotatable bonds is 2. The topological polar surface area (TPSA) is 37.9 Å². The maximum atomic E-state index is 9.11. The van der Waals surface area contributed by atoms with Crippen LogP contribution in [0.4, 0.5) is 0 Å². The third-order valence-electron chi connectivity index (χ3n) is 3.62. The molecular weight excluding hydrogens is 236 g/mol. The molecule has 0 radical (unpaired) electrons. The third-order valence-corrected chi connectivity index (χ3v) is 3.62. The fourth-order valence-corrected chi connectivity index (χ4v) is 2.51. The molecule has 98 valence electrons. The van der Waals surface area contributed by atoms with Crippen LogP contribution in [0.15, 0.2) is 18.2 Å². The second-order valence-electron chi connectivity index (χ2n) is 4.84. The van der Waals surface area contributed by atoms with Crippen LogP contribution in [0, 0.1) is 32.1 Å². The molecular formula is C16H18N2O. The zero-order valence-corrected chi connectivity index (χ0v) is 12.0. The molecule has 0 aliphatic carbocycles. The Kier molecular flexibility index (Phi) is 3.35. The van der Waals surface area contributed by atoms with Gasteiger partial charge in [-0.2, -0.15) is 5.26 Å². The maximum Gasteiger partial charge on any atom is 0.124 e. The molecule has 1 aromatic heterocycles. The Bertz CT molecular complexity index is 652. The maximum absolute atomic E-state index is 9.11. The van der Waals surface area contributed by atoms with Gasteiger partial charge in [0.2, 0.25) is 0 Å². The van der Waals surface area contributed by atoms with E-state index in [4.69, 9.17) is 10.00 Å². The third kappa shape index (κ3) is 2.10. The molecule has 0 saturated carbocycles. The van der Waals surface area contributed by atoms with Crippen LogP contribution < -0.4 is 4.74 Å². The lowest BCUT2D eigenvalue weighted by Crippen LogP contribution is -1.97. The molecule has 0 spiro atoms. The van der Waals surface area contributed by atoms with E-state index in [1.807, 2.05) is 33.9 Å². The molecule has 2 aromatic rings. The predicted octanol–water partition coefficient (Wildman–Crippen LogP) is 3.50. The van der Waals surface area contributed by atoms with Crippen molar-refractivity contribution >= 4 is 0 Å². The van der Waals surface area contributed by atoms with Gasteiger partial charge < -0.3 is 9.30 Å². The van der Waals surface area contributed by atoms with Crippen molar-refractivity contribution in [1.82, 2.24) is 4.57 Å². The van der Waals surface area contributed by atoms with Crippen LogP contribution in [0.1, 0.15) is 22.4 Å². The van der Waals surface area contributed by atoms with Gasteiger partial charge in [0.15, 0.2) is 0 Å². The Hall–Kier alpha value is -2.21. The molecule has 0 aliphatic heterocycles. The molecule has 0 bridgehead atoms. The monoisotopic (exact) mass is 254 g/mol. The minimum absolute atomic E-state index is 0.726. The Morgan fingerprint density at radius 2 is 1.68 bits per heavy atom. The van der Waals surface area contributed by atoms with Gasteiger partial charge in [0.25, 0.3) is 0 Å². The number of nitrogens with zero attached hydrogens (tertiary/aromatic N) is 2. The van der Waals surface area contributed by atoms with Crippen molar-refractivity contribution in [2.45, 2.75) is 20.8 Å². The summed E-state index contributed by atoms with van der Waals surface area (Å²) in [6, 6.07) is 8.37. The first-order valence-electron chi connectivity index (χ1n) is 6.21. The van der Waals surface area contributed by atoms with Crippen LogP contribution in [-0.2, 0) is 7.05 Å². The quantitative estimate of drug-likeness (QED) is 0.822. The van der Waals surface area contributed by atoms with Crippen molar-refractivity contribution in [2.24, 2.45) is 7.05 Å². The lowest BCUT2D eigenvalue weighted by atomic mass is 10.0. The first-order valence-corrected chi connectivity index (χ1v) is 6.21. The molecule has 0 amide bonds. The molecule has 0 atom stereocenters. The number of ether oxygens (including phenoxy) is 1. The Morgan fingerprint density at radius 3 is 2.11 bits per heavy atom. The molecule has 0 unspecified atom stereocenters. The number of hydrogen-bond acceptors (Lipinski definition) is 2. The number of methoxy groups -OCH3 is 1. The Labute approximate surface area is 114 Å². The van der Waals surface area contributed by atoms with Crippen LogP contribution in [0.3, 0.4) is 0 Å². The summed E-state index contributed by atoms with van der Waals surface area (Å²) < 4.78 is 7.44. The molecule has 19 heavy (non-hydrogen) atoms. The van der Waals surface area contributed by atoms with Gasteiger partial charge in [0.1, 0.15) is 11.8 Å². The molecule has 0 N–H and O–H groups in total. The standard InChI is InChI=1S/C16H18N2O/c1-10-6-13(7-11(2)16(10)19-5)15-8-14(9-17)12(3)18(15)4/h6-8H,1-5H3. The zero-order chi connectivity index (χ0) is 14.2. The first kappa shape index (κ1) is 13.2. The van der Waals surface area contributed by atoms with Gasteiger partial charge in [-0.1, -0.05) is 0 Å². The highest BCUT2D eigenvalue weighted by molar-refractivity contribution is 5.67.